The van der Waals surface area contributed by atoms with Crippen molar-refractivity contribution in [1.82, 2.24) is 4.98 Å². The summed E-state index contributed by atoms with van der Waals surface area (Å²) in [6.45, 7) is 1.53. The Hall–Kier alpha value is -1.03. The lowest BCUT2D eigenvalue weighted by Gasteiger charge is -2.05. The van der Waals surface area contributed by atoms with Crippen LogP contribution in [0.5, 0.6) is 0 Å². The molecule has 0 aliphatic carbocycles. The number of pyridine rings is 1. The molecule has 0 aliphatic rings. The molecule has 1 aromatic rings. The highest BCUT2D eigenvalue weighted by atomic mass is 35.5. The number of carbonyl (C=O) groups is 1. The van der Waals surface area contributed by atoms with Crippen LogP contribution in [-0.2, 0) is 0 Å². The zero-order chi connectivity index (χ0) is 10.0. The van der Waals surface area contributed by atoms with E-state index >= 15 is 0 Å². The molecule has 0 unspecified atom stereocenters. The largest absolute Gasteiger partial charge is 0.298 e. The molecule has 13 heavy (non-hydrogen) atoms. The molecular weight excluding hydrogens is 200 g/mol. The first-order valence-corrected chi connectivity index (χ1v) is 3.84. The highest BCUT2D eigenvalue weighted by molar-refractivity contribution is 6.31. The molecule has 0 spiro atoms. The maximum atomic E-state index is 12.3. The molecule has 0 bridgehead atoms. The maximum absolute atomic E-state index is 12.3. The van der Waals surface area contributed by atoms with Gasteiger partial charge in [-0.25, -0.2) is 13.8 Å². The summed E-state index contributed by atoms with van der Waals surface area (Å²) in [6, 6.07) is 1.15. The van der Waals surface area contributed by atoms with Crippen LogP contribution in [0.3, 0.4) is 0 Å². The highest BCUT2D eigenvalue weighted by Gasteiger charge is 2.16. The minimum atomic E-state index is -2.71. The highest BCUT2D eigenvalue weighted by Crippen LogP contribution is 2.26. The number of hydrogen-bond donors (Lipinski definition) is 0. The van der Waals surface area contributed by atoms with E-state index in [1.165, 1.54) is 6.92 Å². The number of halogens is 3. The maximum Gasteiger partial charge on any atom is 0.264 e. The summed E-state index contributed by atoms with van der Waals surface area (Å²) >= 11 is 5.50. The Morgan fingerprint density at radius 3 is 2.69 bits per heavy atom. The van der Waals surface area contributed by atoms with Crippen LogP contribution in [0.4, 0.5) is 8.78 Å². The minimum Gasteiger partial charge on any atom is -0.298 e. The number of aldehydes is 1. The van der Waals surface area contributed by atoms with Gasteiger partial charge in [0.15, 0.2) is 6.29 Å². The molecule has 0 N–H and O–H groups in total. The van der Waals surface area contributed by atoms with Gasteiger partial charge in [-0.15, -0.1) is 0 Å². The van der Waals surface area contributed by atoms with Crippen LogP contribution < -0.4 is 0 Å². The van der Waals surface area contributed by atoms with Gasteiger partial charge in [-0.2, -0.15) is 0 Å². The standard InChI is InChI=1S/C8H6ClF2NO/c1-4-2-5(8(10)11)6(3-13)7(9)12-4/h2-3,8H,1H3. The van der Waals surface area contributed by atoms with Gasteiger partial charge in [0, 0.05) is 11.3 Å². The Morgan fingerprint density at radius 1 is 1.62 bits per heavy atom. The zero-order valence-electron chi connectivity index (χ0n) is 6.72. The number of alkyl halides is 2. The third-order valence-corrected chi connectivity index (χ3v) is 1.81. The lowest BCUT2D eigenvalue weighted by atomic mass is 10.1. The molecule has 0 radical (unpaired) electrons. The molecule has 1 rings (SSSR count). The molecular formula is C8H6ClF2NO. The summed E-state index contributed by atoms with van der Waals surface area (Å²) in [5.74, 6) is 0. The summed E-state index contributed by atoms with van der Waals surface area (Å²) in [6.07, 6.45) is -2.42. The molecule has 1 aromatic heterocycles. The molecule has 70 valence electrons. The molecule has 0 aromatic carbocycles. The molecule has 2 nitrogen and oxygen atoms in total. The molecule has 0 atom stereocenters. The van der Waals surface area contributed by atoms with E-state index in [-0.39, 0.29) is 22.6 Å². The average Bonchev–Trinajstić information content (AvgIpc) is 2.02. The summed E-state index contributed by atoms with van der Waals surface area (Å²) in [5, 5.41) is -0.176. The van der Waals surface area contributed by atoms with Crippen molar-refractivity contribution in [2.45, 2.75) is 13.3 Å². The monoisotopic (exact) mass is 205 g/mol. The van der Waals surface area contributed by atoms with Crippen molar-refractivity contribution in [2.75, 3.05) is 0 Å². The zero-order valence-corrected chi connectivity index (χ0v) is 7.48. The molecule has 5 heteroatoms. The van der Waals surface area contributed by atoms with Crippen LogP contribution >= 0.6 is 11.6 Å². The lowest BCUT2D eigenvalue weighted by molar-refractivity contribution is 0.110. The predicted molar refractivity (Wildman–Crippen MR) is 44.3 cm³/mol. The summed E-state index contributed by atoms with van der Waals surface area (Å²) in [7, 11) is 0. The van der Waals surface area contributed by atoms with Crippen molar-refractivity contribution in [1.29, 1.82) is 0 Å². The van der Waals surface area contributed by atoms with E-state index in [9.17, 15) is 13.6 Å². The topological polar surface area (TPSA) is 30.0 Å². The third-order valence-electron chi connectivity index (χ3n) is 1.53. The van der Waals surface area contributed by atoms with Gasteiger partial charge in [0.2, 0.25) is 0 Å². The minimum absolute atomic E-state index is 0.176. The molecule has 0 aliphatic heterocycles. The predicted octanol–water partition coefficient (Wildman–Crippen LogP) is 2.79. The Labute approximate surface area is 78.5 Å². The van der Waals surface area contributed by atoms with Crippen LogP contribution in [-0.4, -0.2) is 11.3 Å². The number of carbonyl (C=O) groups excluding carboxylic acids is 1. The van der Waals surface area contributed by atoms with E-state index in [1.54, 1.807) is 0 Å². The van der Waals surface area contributed by atoms with Gasteiger partial charge in [-0.3, -0.25) is 4.79 Å². The van der Waals surface area contributed by atoms with E-state index in [4.69, 9.17) is 11.6 Å². The second kappa shape index (κ2) is 3.79. The van der Waals surface area contributed by atoms with Gasteiger partial charge < -0.3 is 0 Å². The normalized spacial score (nSPS) is 10.5. The number of aromatic nitrogens is 1. The lowest BCUT2D eigenvalue weighted by Crippen LogP contribution is -1.98. The van der Waals surface area contributed by atoms with Crippen LogP contribution in [0.2, 0.25) is 5.15 Å². The second-order valence-electron chi connectivity index (χ2n) is 2.48. The fourth-order valence-electron chi connectivity index (χ4n) is 0.966. The van der Waals surface area contributed by atoms with E-state index < -0.39 is 6.43 Å². The summed E-state index contributed by atoms with van der Waals surface area (Å²) in [5.41, 5.74) is -0.235. The molecule has 0 fully saturated rings. The van der Waals surface area contributed by atoms with Gasteiger partial charge in [-0.05, 0) is 13.0 Å². The quantitative estimate of drug-likeness (QED) is 0.549. The van der Waals surface area contributed by atoms with Crippen molar-refractivity contribution in [2.24, 2.45) is 0 Å². The van der Waals surface area contributed by atoms with Gasteiger partial charge in [0.25, 0.3) is 6.43 Å². The van der Waals surface area contributed by atoms with E-state index in [2.05, 4.69) is 4.98 Å². The van der Waals surface area contributed by atoms with E-state index in [0.29, 0.717) is 5.69 Å². The van der Waals surface area contributed by atoms with Crippen molar-refractivity contribution >= 4 is 17.9 Å². The molecule has 0 saturated carbocycles. The van der Waals surface area contributed by atoms with Crippen LogP contribution in [0, 0.1) is 6.92 Å². The number of aryl methyl sites for hydroxylation is 1. The van der Waals surface area contributed by atoms with Crippen LogP contribution in [0.25, 0.3) is 0 Å². The Morgan fingerprint density at radius 2 is 2.23 bits per heavy atom. The SMILES string of the molecule is Cc1cc(C(F)F)c(C=O)c(Cl)n1. The summed E-state index contributed by atoms with van der Waals surface area (Å²) in [4.78, 5) is 14.1. The number of nitrogens with zero attached hydrogens (tertiary/aromatic N) is 1. The van der Waals surface area contributed by atoms with Gasteiger partial charge in [0.05, 0.1) is 5.56 Å². The average molecular weight is 206 g/mol. The second-order valence-corrected chi connectivity index (χ2v) is 2.83. The first kappa shape index (κ1) is 10.1. The summed E-state index contributed by atoms with van der Waals surface area (Å²) < 4.78 is 24.7. The van der Waals surface area contributed by atoms with Crippen molar-refractivity contribution in [3.63, 3.8) is 0 Å². The third kappa shape index (κ3) is 2.01. The first-order chi connectivity index (χ1) is 6.06. The van der Waals surface area contributed by atoms with Crippen molar-refractivity contribution in [3.8, 4) is 0 Å². The van der Waals surface area contributed by atoms with Gasteiger partial charge >= 0.3 is 0 Å². The Balaban J connectivity index is 3.38. The number of rotatable bonds is 2. The molecule has 0 amide bonds. The van der Waals surface area contributed by atoms with E-state index in [0.717, 1.165) is 6.07 Å². The van der Waals surface area contributed by atoms with Crippen LogP contribution in [0.1, 0.15) is 28.0 Å². The fraction of sp³-hybridized carbons (Fsp3) is 0.250. The van der Waals surface area contributed by atoms with Crippen LogP contribution in [0.15, 0.2) is 6.07 Å². The van der Waals surface area contributed by atoms with Crippen molar-refractivity contribution < 1.29 is 13.6 Å². The van der Waals surface area contributed by atoms with Gasteiger partial charge in [-0.1, -0.05) is 11.6 Å². The Bertz CT molecular complexity index is 341. The van der Waals surface area contributed by atoms with Crippen molar-refractivity contribution in [3.05, 3.63) is 28.0 Å². The molecule has 0 saturated heterocycles. The van der Waals surface area contributed by atoms with Gasteiger partial charge in [0.1, 0.15) is 5.15 Å². The smallest absolute Gasteiger partial charge is 0.264 e. The fourth-order valence-corrected chi connectivity index (χ4v) is 1.25. The Kier molecular flexibility index (Phi) is 2.93. The number of hydrogen-bond acceptors (Lipinski definition) is 2. The molecule has 1 heterocycles. The first-order valence-electron chi connectivity index (χ1n) is 3.46. The van der Waals surface area contributed by atoms with E-state index in [1.807, 2.05) is 0 Å².